The molecule has 0 saturated carbocycles. The molecule has 0 saturated heterocycles. The summed E-state index contributed by atoms with van der Waals surface area (Å²) >= 11 is 0. The number of hydrogen-bond acceptors (Lipinski definition) is 8. The van der Waals surface area contributed by atoms with Gasteiger partial charge in [-0.2, -0.15) is 0 Å². The third kappa shape index (κ3) is 65.5. The number of hydrogen-bond donors (Lipinski definition) is 0. The Hall–Kier alpha value is -5.87. The summed E-state index contributed by atoms with van der Waals surface area (Å²) in [6.07, 6.45) is 96.4. The van der Waals surface area contributed by atoms with Gasteiger partial charge in [0.1, 0.15) is 13.2 Å². The summed E-state index contributed by atoms with van der Waals surface area (Å²) in [5.74, 6) is -2.37. The first-order valence-electron chi connectivity index (χ1n) is 32.6. The van der Waals surface area contributed by atoms with E-state index in [0.717, 1.165) is 154 Å². The summed E-state index contributed by atoms with van der Waals surface area (Å²) in [6.45, 7) is 4.43. The van der Waals surface area contributed by atoms with Crippen molar-refractivity contribution in [3.63, 3.8) is 0 Å². The Balaban J connectivity index is 4.26. The van der Waals surface area contributed by atoms with Crippen molar-refractivity contribution in [3.8, 4) is 0 Å². The molecule has 0 aromatic heterocycles. The highest BCUT2D eigenvalue weighted by Crippen LogP contribution is 2.13. The van der Waals surface area contributed by atoms with Crippen LogP contribution >= 0.6 is 0 Å². The summed E-state index contributed by atoms with van der Waals surface area (Å²) in [5, 5.41) is 11.8. The number of carboxylic acid groups (broad SMARTS) is 1. The molecule has 0 heterocycles. The molecule has 0 fully saturated rings. The topological polar surface area (TPSA) is 111 Å². The van der Waals surface area contributed by atoms with Crippen LogP contribution in [0.15, 0.2) is 194 Å². The lowest BCUT2D eigenvalue weighted by Gasteiger charge is -2.26. The van der Waals surface area contributed by atoms with Gasteiger partial charge in [0.05, 0.1) is 40.3 Å². The summed E-state index contributed by atoms with van der Waals surface area (Å²) in [5.41, 5.74) is 0. The van der Waals surface area contributed by atoms with Crippen LogP contribution in [0.3, 0.4) is 0 Å². The summed E-state index contributed by atoms with van der Waals surface area (Å²) in [4.78, 5) is 37.4. The minimum absolute atomic E-state index is 0.128. The number of aliphatic carboxylic acids is 1. The van der Waals surface area contributed by atoms with Crippen molar-refractivity contribution >= 4 is 17.9 Å². The highest BCUT2D eigenvalue weighted by Gasteiger charge is 2.22. The predicted octanol–water partition coefficient (Wildman–Crippen LogP) is 18.9. The van der Waals surface area contributed by atoms with Crippen molar-refractivity contribution in [1.82, 2.24) is 0 Å². The standard InChI is InChI=1S/C76H117NO8/c1-6-8-10-12-14-16-18-20-22-24-26-27-28-29-30-31-32-33-34-35-36-37-38-39-40-41-42-43-44-45-46-47-49-51-53-55-57-59-61-63-65-67-74(79)85-72(71-84-76(75(80)81)82-69-68-77(3,4)5)70-83-73(78)66-64-62-60-58-56-54-52-50-48-25-23-21-19-17-15-13-11-9-7-2/h8-11,14-17,20-23,26-27,29-30,32-33,35-36,38-39,41-42,44-45,47-50,54,56,72,76H,6-7,12-13,18-19,24-25,28,31,34,37,40,43,46,51-53,55,57-71H2,1-5H3/b10-8-,11-9-,16-14-,17-15-,22-20-,23-21-,27-26-,30-29-,33-32-,36-35-,39-38-,42-41-,45-44-,49-47-,50-48-,56-54-. The second-order valence-corrected chi connectivity index (χ2v) is 21.9. The Kier molecular flexibility index (Phi) is 59.7. The van der Waals surface area contributed by atoms with E-state index in [9.17, 15) is 19.5 Å². The van der Waals surface area contributed by atoms with E-state index in [1.807, 2.05) is 21.1 Å². The molecule has 0 aliphatic heterocycles. The van der Waals surface area contributed by atoms with Crippen molar-refractivity contribution in [3.05, 3.63) is 194 Å². The van der Waals surface area contributed by atoms with Crippen LogP contribution in [0, 0.1) is 0 Å². The Morgan fingerprint density at radius 2 is 0.635 bits per heavy atom. The highest BCUT2D eigenvalue weighted by atomic mass is 16.7. The quantitative estimate of drug-likeness (QED) is 0.0195. The van der Waals surface area contributed by atoms with Gasteiger partial charge in [0.2, 0.25) is 0 Å². The van der Waals surface area contributed by atoms with Gasteiger partial charge >= 0.3 is 11.9 Å². The number of ether oxygens (including phenoxy) is 4. The second-order valence-electron chi connectivity index (χ2n) is 21.9. The number of likely N-dealkylation sites (N-methyl/N-ethyl adjacent to an activating group) is 1. The number of quaternary nitrogens is 1. The van der Waals surface area contributed by atoms with Crippen LogP contribution in [0.4, 0.5) is 0 Å². The Morgan fingerprint density at radius 1 is 0.353 bits per heavy atom. The first-order valence-corrected chi connectivity index (χ1v) is 32.6. The molecule has 0 rings (SSSR count). The Morgan fingerprint density at radius 3 is 0.953 bits per heavy atom. The van der Waals surface area contributed by atoms with Gasteiger partial charge in [0.15, 0.2) is 12.4 Å². The second kappa shape index (κ2) is 64.1. The van der Waals surface area contributed by atoms with Crippen molar-refractivity contribution < 1.29 is 42.9 Å². The fourth-order valence-electron chi connectivity index (χ4n) is 7.92. The number of esters is 2. The maximum absolute atomic E-state index is 12.9. The van der Waals surface area contributed by atoms with Gasteiger partial charge in [0, 0.05) is 12.8 Å². The first-order chi connectivity index (χ1) is 41.6. The van der Waals surface area contributed by atoms with Crippen molar-refractivity contribution in [1.29, 1.82) is 0 Å². The first kappa shape index (κ1) is 79.1. The molecular formula is C76H117NO8. The third-order valence-corrected chi connectivity index (χ3v) is 12.8. The largest absolute Gasteiger partial charge is 0.545 e. The predicted molar refractivity (Wildman–Crippen MR) is 361 cm³/mol. The number of carbonyl (C=O) groups excluding carboxylic acids is 3. The number of carbonyl (C=O) groups is 3. The number of allylic oxidation sites excluding steroid dienone is 32. The van der Waals surface area contributed by atoms with E-state index < -0.39 is 30.3 Å². The molecule has 0 aromatic carbocycles. The van der Waals surface area contributed by atoms with Gasteiger partial charge in [-0.05, 0) is 141 Å². The molecule has 474 valence electrons. The summed E-state index contributed by atoms with van der Waals surface area (Å²) in [6, 6.07) is 0. The molecule has 0 amide bonds. The van der Waals surface area contributed by atoms with Crippen molar-refractivity contribution in [2.45, 2.75) is 219 Å². The zero-order valence-electron chi connectivity index (χ0n) is 53.9. The van der Waals surface area contributed by atoms with Crippen molar-refractivity contribution in [2.24, 2.45) is 0 Å². The van der Waals surface area contributed by atoms with Gasteiger partial charge in [-0.3, -0.25) is 9.59 Å². The molecule has 0 spiro atoms. The molecule has 9 nitrogen and oxygen atoms in total. The van der Waals surface area contributed by atoms with E-state index in [1.54, 1.807) is 0 Å². The molecule has 2 unspecified atom stereocenters. The Bertz CT molecular complexity index is 2090. The maximum atomic E-state index is 12.9. The highest BCUT2D eigenvalue weighted by molar-refractivity contribution is 5.70. The van der Waals surface area contributed by atoms with Crippen LogP contribution in [0.25, 0.3) is 0 Å². The van der Waals surface area contributed by atoms with Crippen LogP contribution in [0.1, 0.15) is 206 Å². The molecule has 0 aliphatic carbocycles. The smallest absolute Gasteiger partial charge is 0.306 e. The molecule has 0 N–H and O–H groups in total. The molecule has 0 bridgehead atoms. The molecule has 0 aromatic rings. The SMILES string of the molecule is CC/C=C\C/C=C\C/C=C\C/C=C\C/C=C\C/C=C\C/C=C\C/C=C\C/C=C\C/C=C\C/C=C\CCCCCCCCCC(=O)OC(COC(=O)CCCCC/C=C\C/C=C\C/C=C\C/C=C\C/C=C\CC)COC(OCC[N+](C)(C)C)C(=O)[O-]. The lowest BCUT2D eigenvalue weighted by Crippen LogP contribution is -2.44. The average Bonchev–Trinajstić information content (AvgIpc) is 3.49. The minimum atomic E-state index is -1.65. The van der Waals surface area contributed by atoms with Gasteiger partial charge in [-0.15, -0.1) is 0 Å². The summed E-state index contributed by atoms with van der Waals surface area (Å²) < 4.78 is 22.7. The van der Waals surface area contributed by atoms with Gasteiger partial charge in [-0.25, -0.2) is 0 Å². The Labute approximate surface area is 519 Å². The van der Waals surface area contributed by atoms with Gasteiger partial charge in [-0.1, -0.05) is 247 Å². The molecule has 2 atom stereocenters. The maximum Gasteiger partial charge on any atom is 0.306 e. The van der Waals surface area contributed by atoms with Gasteiger partial charge < -0.3 is 33.3 Å². The van der Waals surface area contributed by atoms with E-state index in [-0.39, 0.29) is 32.7 Å². The minimum Gasteiger partial charge on any atom is -0.545 e. The van der Waals surface area contributed by atoms with Crippen LogP contribution in [0.2, 0.25) is 0 Å². The van der Waals surface area contributed by atoms with E-state index in [0.29, 0.717) is 23.9 Å². The fourth-order valence-corrected chi connectivity index (χ4v) is 7.92. The van der Waals surface area contributed by atoms with Crippen LogP contribution < -0.4 is 5.11 Å². The number of carboxylic acids is 1. The van der Waals surface area contributed by atoms with E-state index >= 15 is 0 Å². The molecule has 0 radical (unpaired) electrons. The number of unbranched alkanes of at least 4 members (excludes halogenated alkanes) is 10. The summed E-state index contributed by atoms with van der Waals surface area (Å²) in [7, 11) is 5.89. The average molecular weight is 1170 g/mol. The zero-order valence-corrected chi connectivity index (χ0v) is 53.9. The lowest BCUT2D eigenvalue weighted by molar-refractivity contribution is -0.870. The number of nitrogens with zero attached hydrogens (tertiary/aromatic N) is 1. The zero-order chi connectivity index (χ0) is 61.9. The van der Waals surface area contributed by atoms with Gasteiger partial charge in [0.25, 0.3) is 0 Å². The fraction of sp³-hybridized carbons (Fsp3) is 0.539. The normalized spacial score (nSPS) is 14.0. The number of rotatable bonds is 57. The monoisotopic (exact) mass is 1170 g/mol. The van der Waals surface area contributed by atoms with Crippen LogP contribution in [0.5, 0.6) is 0 Å². The molecule has 85 heavy (non-hydrogen) atoms. The van der Waals surface area contributed by atoms with Crippen molar-refractivity contribution in [2.75, 3.05) is 47.5 Å². The third-order valence-electron chi connectivity index (χ3n) is 12.8. The van der Waals surface area contributed by atoms with E-state index in [4.69, 9.17) is 18.9 Å². The molecule has 9 heteroatoms. The van der Waals surface area contributed by atoms with Crippen LogP contribution in [-0.2, 0) is 33.3 Å². The lowest BCUT2D eigenvalue weighted by atomic mass is 10.1. The molecule has 0 aliphatic rings. The van der Waals surface area contributed by atoms with Crippen LogP contribution in [-0.4, -0.2) is 82.3 Å². The van der Waals surface area contributed by atoms with E-state index in [1.165, 1.54) is 12.8 Å². The van der Waals surface area contributed by atoms with E-state index in [2.05, 4.69) is 208 Å². The molecular weight excluding hydrogens is 1050 g/mol.